The molecule has 2 unspecified atom stereocenters. The lowest BCUT2D eigenvalue weighted by molar-refractivity contribution is -0.123. The van der Waals surface area contributed by atoms with Gasteiger partial charge in [0.2, 0.25) is 5.91 Å². The number of hydrogen-bond donors (Lipinski definition) is 3. The highest BCUT2D eigenvalue weighted by Crippen LogP contribution is 2.26. The highest BCUT2D eigenvalue weighted by Gasteiger charge is 2.42. The van der Waals surface area contributed by atoms with Crippen molar-refractivity contribution in [2.75, 3.05) is 13.1 Å². The second-order valence-corrected chi connectivity index (χ2v) is 5.30. The van der Waals surface area contributed by atoms with Gasteiger partial charge in [0.05, 0.1) is 12.6 Å². The summed E-state index contributed by atoms with van der Waals surface area (Å²) in [4.78, 5) is 11.7. The second kappa shape index (κ2) is 7.50. The first-order valence-corrected chi connectivity index (χ1v) is 6.69. The van der Waals surface area contributed by atoms with E-state index in [1.807, 2.05) is 0 Å². The van der Waals surface area contributed by atoms with Gasteiger partial charge in [0.15, 0.2) is 0 Å². The minimum atomic E-state index is -2.92. The molecule has 1 heterocycles. The Balaban J connectivity index is 0.00000242. The van der Waals surface area contributed by atoms with E-state index in [-0.39, 0.29) is 29.5 Å². The fourth-order valence-corrected chi connectivity index (χ4v) is 2.44. The second-order valence-electron chi connectivity index (χ2n) is 4.89. The predicted octanol–water partition coefficient (Wildman–Crippen LogP) is 2.05. The normalized spacial score (nSPS) is 21.0. The van der Waals surface area contributed by atoms with E-state index in [1.165, 1.54) is 12.1 Å². The van der Waals surface area contributed by atoms with E-state index in [0.717, 1.165) is 6.07 Å². The molecule has 2 rings (SSSR count). The summed E-state index contributed by atoms with van der Waals surface area (Å²) < 4.78 is 39.5. The van der Waals surface area contributed by atoms with Crippen molar-refractivity contribution in [3.63, 3.8) is 0 Å². The number of carbonyl (C=O) groups is 1. The Labute approximate surface area is 136 Å². The summed E-state index contributed by atoms with van der Waals surface area (Å²) in [5, 5.41) is 14.6. The van der Waals surface area contributed by atoms with Gasteiger partial charge in [-0.15, -0.1) is 12.4 Å². The van der Waals surface area contributed by atoms with Crippen molar-refractivity contribution in [1.29, 1.82) is 0 Å². The minimum absolute atomic E-state index is 0. The summed E-state index contributed by atoms with van der Waals surface area (Å²) in [5.41, 5.74) is -0.135. The molecule has 9 heteroatoms. The lowest BCUT2D eigenvalue weighted by atomic mass is 10.1. The molecule has 1 fully saturated rings. The number of aliphatic hydroxyl groups excluding tert-OH is 1. The number of benzene rings is 1. The van der Waals surface area contributed by atoms with Crippen LogP contribution in [0.25, 0.3) is 0 Å². The van der Waals surface area contributed by atoms with Gasteiger partial charge in [-0.3, -0.25) is 10.1 Å². The summed E-state index contributed by atoms with van der Waals surface area (Å²) in [7, 11) is 0. The van der Waals surface area contributed by atoms with Crippen LogP contribution >= 0.6 is 24.0 Å². The lowest BCUT2D eigenvalue weighted by Crippen LogP contribution is -2.42. The summed E-state index contributed by atoms with van der Waals surface area (Å²) in [6.45, 7) is -0.879. The number of carbonyl (C=O) groups excluding carboxylic acids is 1. The quantitative estimate of drug-likeness (QED) is 0.771. The highest BCUT2D eigenvalue weighted by atomic mass is 35.5. The van der Waals surface area contributed by atoms with Gasteiger partial charge >= 0.3 is 0 Å². The zero-order valence-electron chi connectivity index (χ0n) is 11.3. The zero-order valence-corrected chi connectivity index (χ0v) is 12.9. The number of hydrogen-bond acceptors (Lipinski definition) is 3. The average Bonchev–Trinajstić information content (AvgIpc) is 2.76. The number of aliphatic hydroxyl groups is 1. The molecule has 0 spiro atoms. The maximum Gasteiger partial charge on any atom is 0.262 e. The topological polar surface area (TPSA) is 61.4 Å². The van der Waals surface area contributed by atoms with Gasteiger partial charge in [-0.05, 0) is 12.1 Å². The van der Waals surface area contributed by atoms with Gasteiger partial charge in [-0.1, -0.05) is 17.7 Å². The van der Waals surface area contributed by atoms with Crippen LogP contribution in [0, 0.1) is 5.82 Å². The van der Waals surface area contributed by atoms with Crippen LogP contribution in [0.2, 0.25) is 5.02 Å². The van der Waals surface area contributed by atoms with Crippen molar-refractivity contribution in [3.05, 3.63) is 34.6 Å². The molecule has 22 heavy (non-hydrogen) atoms. The Bertz CT molecular complexity index is 526. The first-order valence-electron chi connectivity index (χ1n) is 6.31. The number of amides is 1. The zero-order chi connectivity index (χ0) is 15.6. The van der Waals surface area contributed by atoms with Gasteiger partial charge in [0.25, 0.3) is 5.92 Å². The Morgan fingerprint density at radius 1 is 1.55 bits per heavy atom. The predicted molar refractivity (Wildman–Crippen MR) is 78.0 cm³/mol. The molecule has 124 valence electrons. The van der Waals surface area contributed by atoms with Crippen LogP contribution in [-0.2, 0) is 4.79 Å². The maximum absolute atomic E-state index is 13.6. The molecule has 1 aliphatic rings. The lowest BCUT2D eigenvalue weighted by Gasteiger charge is -2.16. The van der Waals surface area contributed by atoms with Crippen LogP contribution in [0.15, 0.2) is 18.2 Å². The molecule has 0 aliphatic carbocycles. The molecular weight excluding hydrogens is 344 g/mol. The van der Waals surface area contributed by atoms with Crippen molar-refractivity contribution in [2.24, 2.45) is 0 Å². The Kier molecular flexibility index (Phi) is 6.49. The largest absolute Gasteiger partial charge is 0.386 e. The SMILES string of the molecule is Cl.O=C(NCC(O)c1c(F)cccc1Cl)C1CC(F)(F)CN1. The minimum Gasteiger partial charge on any atom is -0.386 e. The summed E-state index contributed by atoms with van der Waals surface area (Å²) in [5.74, 6) is -4.29. The van der Waals surface area contributed by atoms with Crippen LogP contribution in [0.4, 0.5) is 13.2 Å². The molecule has 0 aromatic heterocycles. The van der Waals surface area contributed by atoms with Crippen molar-refractivity contribution in [3.8, 4) is 0 Å². The van der Waals surface area contributed by atoms with Gasteiger partial charge in [0.1, 0.15) is 11.9 Å². The standard InChI is InChI=1S/C13H14ClF3N2O2.ClH/c14-7-2-1-3-8(15)11(7)10(20)5-18-12(21)9-4-13(16,17)6-19-9;/h1-3,9-10,19-20H,4-6H2,(H,18,21);1H. The number of halogens is 5. The molecule has 4 nitrogen and oxygen atoms in total. The molecule has 1 aromatic carbocycles. The first kappa shape index (κ1) is 19.0. The first-order chi connectivity index (χ1) is 9.80. The summed E-state index contributed by atoms with van der Waals surface area (Å²) >= 11 is 5.78. The average molecular weight is 359 g/mol. The van der Waals surface area contributed by atoms with Gasteiger partial charge in [-0.25, -0.2) is 13.2 Å². The van der Waals surface area contributed by atoms with Crippen LogP contribution in [-0.4, -0.2) is 36.1 Å². The fraction of sp³-hybridized carbons (Fsp3) is 0.462. The Morgan fingerprint density at radius 3 is 2.77 bits per heavy atom. The van der Waals surface area contributed by atoms with Crippen molar-refractivity contribution in [2.45, 2.75) is 24.5 Å². The van der Waals surface area contributed by atoms with Crippen LogP contribution < -0.4 is 10.6 Å². The molecule has 1 saturated heterocycles. The molecule has 2 atom stereocenters. The molecule has 1 aromatic rings. The van der Waals surface area contributed by atoms with E-state index >= 15 is 0 Å². The Morgan fingerprint density at radius 2 is 2.23 bits per heavy atom. The molecule has 1 amide bonds. The molecular formula is C13H15Cl2F3N2O2. The van der Waals surface area contributed by atoms with Crippen molar-refractivity contribution in [1.82, 2.24) is 10.6 Å². The number of alkyl halides is 2. The summed E-state index contributed by atoms with van der Waals surface area (Å²) in [6, 6.07) is 2.90. The highest BCUT2D eigenvalue weighted by molar-refractivity contribution is 6.31. The van der Waals surface area contributed by atoms with E-state index in [4.69, 9.17) is 11.6 Å². The summed E-state index contributed by atoms with van der Waals surface area (Å²) in [6.07, 6.45) is -1.96. The smallest absolute Gasteiger partial charge is 0.262 e. The van der Waals surface area contributed by atoms with Gasteiger partial charge < -0.3 is 10.4 Å². The fourth-order valence-electron chi connectivity index (χ4n) is 2.15. The third-order valence-corrected chi connectivity index (χ3v) is 3.56. The van der Waals surface area contributed by atoms with E-state index in [1.54, 1.807) is 0 Å². The Hall–Kier alpha value is -1.02. The van der Waals surface area contributed by atoms with Crippen molar-refractivity contribution >= 4 is 29.9 Å². The van der Waals surface area contributed by atoms with Crippen LogP contribution in [0.3, 0.4) is 0 Å². The maximum atomic E-state index is 13.6. The third-order valence-electron chi connectivity index (χ3n) is 3.23. The molecule has 1 aliphatic heterocycles. The van der Waals surface area contributed by atoms with Gasteiger partial charge in [0, 0.05) is 23.6 Å². The van der Waals surface area contributed by atoms with Crippen LogP contribution in [0.5, 0.6) is 0 Å². The third kappa shape index (κ3) is 4.49. The number of rotatable bonds is 4. The van der Waals surface area contributed by atoms with E-state index in [0.29, 0.717) is 0 Å². The monoisotopic (exact) mass is 358 g/mol. The van der Waals surface area contributed by atoms with E-state index < -0.39 is 42.8 Å². The molecule has 0 radical (unpaired) electrons. The van der Waals surface area contributed by atoms with Crippen molar-refractivity contribution < 1.29 is 23.1 Å². The van der Waals surface area contributed by atoms with E-state index in [2.05, 4.69) is 10.6 Å². The molecule has 0 saturated carbocycles. The molecule has 3 N–H and O–H groups in total. The van der Waals surface area contributed by atoms with Gasteiger partial charge in [-0.2, -0.15) is 0 Å². The van der Waals surface area contributed by atoms with E-state index in [9.17, 15) is 23.1 Å². The van der Waals surface area contributed by atoms with Crippen LogP contribution in [0.1, 0.15) is 18.1 Å². The number of nitrogens with one attached hydrogen (secondary N) is 2. The molecule has 0 bridgehead atoms.